The third-order valence-corrected chi connectivity index (χ3v) is 0.806. The number of hydrogen-bond donors (Lipinski definition) is 2. The average molecular weight is 173 g/mol. The zero-order valence-corrected chi connectivity index (χ0v) is 8.29. The van der Waals surface area contributed by atoms with Gasteiger partial charge in [0.05, 0.1) is 6.61 Å². The molecule has 0 aromatic carbocycles. The molecule has 2 N–H and O–H groups in total. The Labute approximate surface area is 74.5 Å². The number of aliphatic hydroxyl groups excluding tert-OH is 1. The molecule has 0 aliphatic heterocycles. The van der Waals surface area contributed by atoms with Crippen molar-refractivity contribution in [1.29, 1.82) is 0 Å². The summed E-state index contributed by atoms with van der Waals surface area (Å²) in [6, 6.07) is 0.149. The van der Waals surface area contributed by atoms with Crippen molar-refractivity contribution >= 4 is 5.91 Å². The van der Waals surface area contributed by atoms with Crippen LogP contribution in [0.2, 0.25) is 0 Å². The summed E-state index contributed by atoms with van der Waals surface area (Å²) in [7, 11) is 0. The lowest BCUT2D eigenvalue weighted by atomic mass is 10.4. The number of rotatable bonds is 3. The van der Waals surface area contributed by atoms with E-state index in [4.69, 9.17) is 5.11 Å². The second-order valence-corrected chi connectivity index (χ2v) is 2.25. The summed E-state index contributed by atoms with van der Waals surface area (Å²) in [5.74, 6) is -0.163. The Morgan fingerprint density at radius 3 is 2.33 bits per heavy atom. The van der Waals surface area contributed by atoms with Crippen molar-refractivity contribution in [2.24, 2.45) is 0 Å². The molecule has 0 aliphatic rings. The topological polar surface area (TPSA) is 49.3 Å². The summed E-state index contributed by atoms with van der Waals surface area (Å²) in [5.41, 5.74) is 0. The standard InChI is InChI=1S/C7H13NO2.C2H6/c1-6(2)8-7(10)4-3-5-9;1-2/h3-4,6,9H,5H2,1-2H3,(H,8,10);1-2H3/b4-3+;. The van der Waals surface area contributed by atoms with Crippen LogP contribution in [0.25, 0.3) is 0 Å². The van der Waals surface area contributed by atoms with Gasteiger partial charge in [-0.15, -0.1) is 0 Å². The first kappa shape index (κ1) is 13.7. The molecular weight excluding hydrogens is 154 g/mol. The summed E-state index contributed by atoms with van der Waals surface area (Å²) in [6.45, 7) is 7.67. The SMILES string of the molecule is CC.CC(C)NC(=O)/C=C/CO. The molecule has 0 radical (unpaired) electrons. The van der Waals surface area contributed by atoms with Crippen LogP contribution in [0.5, 0.6) is 0 Å². The van der Waals surface area contributed by atoms with Crippen molar-refractivity contribution in [3.63, 3.8) is 0 Å². The second kappa shape index (κ2) is 10.2. The van der Waals surface area contributed by atoms with Crippen molar-refractivity contribution in [2.45, 2.75) is 33.7 Å². The van der Waals surface area contributed by atoms with Crippen LogP contribution in [0.15, 0.2) is 12.2 Å². The smallest absolute Gasteiger partial charge is 0.243 e. The van der Waals surface area contributed by atoms with Gasteiger partial charge in [0.25, 0.3) is 0 Å². The fraction of sp³-hybridized carbons (Fsp3) is 0.667. The minimum atomic E-state index is -0.163. The zero-order chi connectivity index (χ0) is 9.98. The molecule has 0 bridgehead atoms. The van der Waals surface area contributed by atoms with Crippen molar-refractivity contribution < 1.29 is 9.90 Å². The summed E-state index contributed by atoms with van der Waals surface area (Å²) in [6.07, 6.45) is 2.72. The number of aliphatic hydroxyl groups is 1. The largest absolute Gasteiger partial charge is 0.392 e. The van der Waals surface area contributed by atoms with Crippen LogP contribution >= 0.6 is 0 Å². The number of carbonyl (C=O) groups is 1. The van der Waals surface area contributed by atoms with E-state index in [0.717, 1.165) is 0 Å². The maximum absolute atomic E-state index is 10.7. The highest BCUT2D eigenvalue weighted by atomic mass is 16.2. The van der Waals surface area contributed by atoms with Crippen molar-refractivity contribution in [1.82, 2.24) is 5.32 Å². The van der Waals surface area contributed by atoms with E-state index < -0.39 is 0 Å². The zero-order valence-electron chi connectivity index (χ0n) is 8.29. The van der Waals surface area contributed by atoms with Gasteiger partial charge in [-0.05, 0) is 13.8 Å². The van der Waals surface area contributed by atoms with Crippen LogP contribution in [-0.4, -0.2) is 23.7 Å². The van der Waals surface area contributed by atoms with Crippen LogP contribution in [0.4, 0.5) is 0 Å². The lowest BCUT2D eigenvalue weighted by Gasteiger charge is -2.03. The fourth-order valence-electron chi connectivity index (χ4n) is 0.492. The molecule has 0 aromatic rings. The Bertz CT molecular complexity index is 130. The fourth-order valence-corrected chi connectivity index (χ4v) is 0.492. The van der Waals surface area contributed by atoms with Gasteiger partial charge in [0, 0.05) is 12.1 Å². The molecule has 0 unspecified atom stereocenters. The van der Waals surface area contributed by atoms with Gasteiger partial charge in [0.15, 0.2) is 0 Å². The summed E-state index contributed by atoms with van der Waals surface area (Å²) < 4.78 is 0. The maximum atomic E-state index is 10.7. The molecule has 0 atom stereocenters. The van der Waals surface area contributed by atoms with E-state index >= 15 is 0 Å². The van der Waals surface area contributed by atoms with Crippen LogP contribution in [0, 0.1) is 0 Å². The van der Waals surface area contributed by atoms with Gasteiger partial charge in [0.2, 0.25) is 5.91 Å². The minimum absolute atomic E-state index is 0.0918. The van der Waals surface area contributed by atoms with E-state index in [1.807, 2.05) is 27.7 Å². The molecule has 0 aromatic heterocycles. The molecule has 0 fully saturated rings. The van der Waals surface area contributed by atoms with Gasteiger partial charge >= 0.3 is 0 Å². The molecule has 0 saturated carbocycles. The van der Waals surface area contributed by atoms with E-state index in [9.17, 15) is 4.79 Å². The third-order valence-electron chi connectivity index (χ3n) is 0.806. The molecule has 0 aliphatic carbocycles. The molecule has 12 heavy (non-hydrogen) atoms. The molecular formula is C9H19NO2. The predicted octanol–water partition coefficient (Wildman–Crippen LogP) is 1.09. The second-order valence-electron chi connectivity index (χ2n) is 2.25. The molecule has 0 rings (SSSR count). The Kier molecular flexibility index (Phi) is 11.6. The Morgan fingerprint density at radius 2 is 2.00 bits per heavy atom. The molecule has 0 saturated heterocycles. The van der Waals surface area contributed by atoms with Gasteiger partial charge in [-0.25, -0.2) is 0 Å². The van der Waals surface area contributed by atoms with Crippen molar-refractivity contribution in [3.05, 3.63) is 12.2 Å². The molecule has 0 spiro atoms. The van der Waals surface area contributed by atoms with Gasteiger partial charge < -0.3 is 10.4 Å². The highest BCUT2D eigenvalue weighted by molar-refractivity contribution is 5.87. The lowest BCUT2D eigenvalue weighted by Crippen LogP contribution is -2.28. The van der Waals surface area contributed by atoms with Gasteiger partial charge in [-0.3, -0.25) is 4.79 Å². The highest BCUT2D eigenvalue weighted by Gasteiger charge is 1.95. The van der Waals surface area contributed by atoms with Crippen LogP contribution in [0.3, 0.4) is 0 Å². The van der Waals surface area contributed by atoms with Crippen LogP contribution < -0.4 is 5.32 Å². The van der Waals surface area contributed by atoms with Gasteiger partial charge in [-0.2, -0.15) is 0 Å². The van der Waals surface area contributed by atoms with Gasteiger partial charge in [-0.1, -0.05) is 19.9 Å². The van der Waals surface area contributed by atoms with Crippen LogP contribution in [0.1, 0.15) is 27.7 Å². The first-order chi connectivity index (χ1) is 5.66. The maximum Gasteiger partial charge on any atom is 0.243 e. The minimum Gasteiger partial charge on any atom is -0.392 e. The Morgan fingerprint density at radius 1 is 1.50 bits per heavy atom. The van der Waals surface area contributed by atoms with E-state index in [-0.39, 0.29) is 18.6 Å². The Hall–Kier alpha value is -0.830. The first-order valence-corrected chi connectivity index (χ1v) is 4.24. The first-order valence-electron chi connectivity index (χ1n) is 4.24. The molecule has 72 valence electrons. The summed E-state index contributed by atoms with van der Waals surface area (Å²) >= 11 is 0. The lowest BCUT2D eigenvalue weighted by molar-refractivity contribution is -0.117. The summed E-state index contributed by atoms with van der Waals surface area (Å²) in [5, 5.41) is 10.9. The number of carbonyl (C=O) groups excluding carboxylic acids is 1. The van der Waals surface area contributed by atoms with E-state index in [0.29, 0.717) is 0 Å². The monoisotopic (exact) mass is 173 g/mol. The third kappa shape index (κ3) is 11.9. The van der Waals surface area contributed by atoms with Crippen LogP contribution in [-0.2, 0) is 4.79 Å². The molecule has 0 heterocycles. The normalized spacial score (nSPS) is 9.50. The van der Waals surface area contributed by atoms with E-state index in [1.54, 1.807) is 0 Å². The highest BCUT2D eigenvalue weighted by Crippen LogP contribution is 1.78. The summed E-state index contributed by atoms with van der Waals surface area (Å²) in [4.78, 5) is 10.7. The predicted molar refractivity (Wildman–Crippen MR) is 50.9 cm³/mol. The van der Waals surface area contributed by atoms with E-state index in [1.165, 1.54) is 12.2 Å². The van der Waals surface area contributed by atoms with Gasteiger partial charge in [0.1, 0.15) is 0 Å². The molecule has 3 heteroatoms. The number of nitrogens with one attached hydrogen (secondary N) is 1. The van der Waals surface area contributed by atoms with Crippen molar-refractivity contribution in [3.8, 4) is 0 Å². The number of amides is 1. The van der Waals surface area contributed by atoms with E-state index in [2.05, 4.69) is 5.32 Å². The quantitative estimate of drug-likeness (QED) is 0.627. The molecule has 1 amide bonds. The van der Waals surface area contributed by atoms with Crippen molar-refractivity contribution in [2.75, 3.05) is 6.61 Å². The average Bonchev–Trinajstić information content (AvgIpc) is 2.03. The Balaban J connectivity index is 0. The number of hydrogen-bond acceptors (Lipinski definition) is 2. The molecule has 3 nitrogen and oxygen atoms in total.